The highest BCUT2D eigenvalue weighted by atomic mass is 16.5. The summed E-state index contributed by atoms with van der Waals surface area (Å²) in [4.78, 5) is 4.29. The highest BCUT2D eigenvalue weighted by Gasteiger charge is 2.30. The normalized spacial score (nSPS) is 22.6. The van der Waals surface area contributed by atoms with Crippen LogP contribution in [0.15, 0.2) is 4.52 Å². The predicted octanol–water partition coefficient (Wildman–Crippen LogP) is 1.75. The molecule has 0 aliphatic heterocycles. The summed E-state index contributed by atoms with van der Waals surface area (Å²) < 4.78 is 5.08. The van der Waals surface area contributed by atoms with Crippen LogP contribution in [-0.4, -0.2) is 21.9 Å². The van der Waals surface area contributed by atoms with E-state index in [1.54, 1.807) is 0 Å². The molecule has 0 bridgehead atoms. The van der Waals surface area contributed by atoms with Crippen LogP contribution in [0, 0.1) is 5.41 Å². The van der Waals surface area contributed by atoms with Gasteiger partial charge in [-0.2, -0.15) is 4.98 Å². The average molecular weight is 239 g/mol. The van der Waals surface area contributed by atoms with Crippen LogP contribution >= 0.6 is 0 Å². The van der Waals surface area contributed by atoms with E-state index in [1.165, 1.54) is 12.8 Å². The molecule has 5 heteroatoms. The summed E-state index contributed by atoms with van der Waals surface area (Å²) >= 11 is 0. The van der Waals surface area contributed by atoms with Crippen LogP contribution in [0.3, 0.4) is 0 Å². The summed E-state index contributed by atoms with van der Waals surface area (Å²) in [5, 5.41) is 12.9. The average Bonchev–Trinajstić information content (AvgIpc) is 2.77. The molecule has 1 saturated carbocycles. The largest absolute Gasteiger partial charge is 0.394 e. The fraction of sp³-hybridized carbons (Fsp3) is 0.833. The Morgan fingerprint density at radius 3 is 2.71 bits per heavy atom. The first-order chi connectivity index (χ1) is 8.02. The van der Waals surface area contributed by atoms with Crippen molar-refractivity contribution in [2.24, 2.45) is 11.1 Å². The van der Waals surface area contributed by atoms with Crippen molar-refractivity contribution in [2.45, 2.75) is 51.5 Å². The topological polar surface area (TPSA) is 85.2 Å². The summed E-state index contributed by atoms with van der Waals surface area (Å²) in [6.07, 6.45) is 4.57. The highest BCUT2D eigenvalue weighted by molar-refractivity contribution is 5.00. The lowest BCUT2D eigenvalue weighted by Crippen LogP contribution is -2.21. The van der Waals surface area contributed by atoms with Gasteiger partial charge in [-0.15, -0.1) is 0 Å². The number of aromatic nitrogens is 2. The second kappa shape index (κ2) is 4.74. The molecule has 0 radical (unpaired) electrons. The van der Waals surface area contributed by atoms with Crippen molar-refractivity contribution in [2.75, 3.05) is 6.61 Å². The van der Waals surface area contributed by atoms with Gasteiger partial charge >= 0.3 is 0 Å². The van der Waals surface area contributed by atoms with Crippen LogP contribution in [0.1, 0.15) is 63.2 Å². The first-order valence-corrected chi connectivity index (χ1v) is 6.22. The van der Waals surface area contributed by atoms with Gasteiger partial charge in [-0.1, -0.05) is 19.0 Å². The zero-order valence-electron chi connectivity index (χ0n) is 10.5. The van der Waals surface area contributed by atoms with Gasteiger partial charge in [0.25, 0.3) is 0 Å². The lowest BCUT2D eigenvalue weighted by molar-refractivity contribution is 0.217. The maximum Gasteiger partial charge on any atom is 0.245 e. The van der Waals surface area contributed by atoms with Crippen LogP contribution in [-0.2, 0) is 0 Å². The Labute approximate surface area is 101 Å². The van der Waals surface area contributed by atoms with Crippen LogP contribution in [0.4, 0.5) is 0 Å². The SMILES string of the molecule is CC1(C)CCC(c2noc([C@@H](N)CO)n2)CC1. The zero-order valence-corrected chi connectivity index (χ0v) is 10.5. The lowest BCUT2D eigenvalue weighted by Gasteiger charge is -2.32. The smallest absolute Gasteiger partial charge is 0.245 e. The van der Waals surface area contributed by atoms with Crippen LogP contribution in [0.25, 0.3) is 0 Å². The van der Waals surface area contributed by atoms with E-state index < -0.39 is 6.04 Å². The van der Waals surface area contributed by atoms with Crippen molar-refractivity contribution in [1.29, 1.82) is 0 Å². The van der Waals surface area contributed by atoms with Crippen molar-refractivity contribution in [3.05, 3.63) is 11.7 Å². The third-order valence-electron chi connectivity index (χ3n) is 3.68. The molecule has 0 amide bonds. The van der Waals surface area contributed by atoms with E-state index in [1.807, 2.05) is 0 Å². The number of nitrogens with zero attached hydrogens (tertiary/aromatic N) is 2. The molecule has 5 nitrogen and oxygen atoms in total. The molecular formula is C12H21N3O2. The molecule has 1 atom stereocenters. The Bertz CT molecular complexity index is 366. The van der Waals surface area contributed by atoms with E-state index in [0.29, 0.717) is 17.2 Å². The monoisotopic (exact) mass is 239 g/mol. The molecule has 1 fully saturated rings. The molecule has 17 heavy (non-hydrogen) atoms. The van der Waals surface area contributed by atoms with Crippen molar-refractivity contribution >= 4 is 0 Å². The summed E-state index contributed by atoms with van der Waals surface area (Å²) in [7, 11) is 0. The van der Waals surface area contributed by atoms with E-state index in [4.69, 9.17) is 15.4 Å². The molecule has 3 N–H and O–H groups in total. The van der Waals surface area contributed by atoms with E-state index in [0.717, 1.165) is 18.7 Å². The summed E-state index contributed by atoms with van der Waals surface area (Å²) in [5.74, 6) is 1.47. The maximum atomic E-state index is 8.92. The number of hydrogen-bond acceptors (Lipinski definition) is 5. The van der Waals surface area contributed by atoms with E-state index in [2.05, 4.69) is 24.0 Å². The predicted molar refractivity (Wildman–Crippen MR) is 63.3 cm³/mol. The van der Waals surface area contributed by atoms with Gasteiger partial charge in [-0.3, -0.25) is 0 Å². The minimum Gasteiger partial charge on any atom is -0.394 e. The minimum atomic E-state index is -0.559. The molecule has 96 valence electrons. The van der Waals surface area contributed by atoms with Gasteiger partial charge in [-0.25, -0.2) is 0 Å². The third kappa shape index (κ3) is 2.84. The highest BCUT2D eigenvalue weighted by Crippen LogP contribution is 2.41. The Hall–Kier alpha value is -0.940. The van der Waals surface area contributed by atoms with Gasteiger partial charge in [0.05, 0.1) is 6.61 Å². The van der Waals surface area contributed by atoms with Crippen LogP contribution < -0.4 is 5.73 Å². The summed E-state index contributed by atoms with van der Waals surface area (Å²) in [5.41, 5.74) is 6.07. The summed E-state index contributed by atoms with van der Waals surface area (Å²) in [6.45, 7) is 4.43. The lowest BCUT2D eigenvalue weighted by atomic mass is 9.73. The van der Waals surface area contributed by atoms with E-state index in [-0.39, 0.29) is 6.61 Å². The minimum absolute atomic E-state index is 0.167. The number of rotatable bonds is 3. The maximum absolute atomic E-state index is 8.92. The van der Waals surface area contributed by atoms with Crippen LogP contribution in [0.2, 0.25) is 0 Å². The molecule has 0 spiro atoms. The van der Waals surface area contributed by atoms with Crippen molar-refractivity contribution < 1.29 is 9.63 Å². The van der Waals surface area contributed by atoms with Gasteiger partial charge in [-0.05, 0) is 31.1 Å². The molecule has 1 heterocycles. The number of aliphatic hydroxyl groups excluding tert-OH is 1. The first kappa shape index (κ1) is 12.5. The molecule has 1 aliphatic rings. The van der Waals surface area contributed by atoms with Gasteiger partial charge in [0, 0.05) is 5.92 Å². The Kier molecular flexibility index (Phi) is 3.49. The molecule has 0 unspecified atom stereocenters. The fourth-order valence-electron chi connectivity index (χ4n) is 2.30. The van der Waals surface area contributed by atoms with Crippen LogP contribution in [0.5, 0.6) is 0 Å². The zero-order chi connectivity index (χ0) is 12.5. The third-order valence-corrected chi connectivity index (χ3v) is 3.68. The number of aliphatic hydroxyl groups is 1. The Balaban J connectivity index is 2.01. The molecule has 2 rings (SSSR count). The standard InChI is InChI=1S/C12H21N3O2/c1-12(2)5-3-8(4-6-12)10-14-11(17-15-10)9(13)7-16/h8-9,16H,3-7,13H2,1-2H3/t9-/m0/s1. The Morgan fingerprint density at radius 1 is 1.47 bits per heavy atom. The second-order valence-electron chi connectivity index (χ2n) is 5.72. The van der Waals surface area contributed by atoms with Crippen molar-refractivity contribution in [3.63, 3.8) is 0 Å². The molecule has 0 aromatic carbocycles. The molecule has 1 aromatic rings. The molecular weight excluding hydrogens is 218 g/mol. The van der Waals surface area contributed by atoms with Gasteiger partial charge in [0.2, 0.25) is 5.89 Å². The van der Waals surface area contributed by atoms with Gasteiger partial charge in [0.15, 0.2) is 5.82 Å². The van der Waals surface area contributed by atoms with Gasteiger partial charge < -0.3 is 15.4 Å². The van der Waals surface area contributed by atoms with Gasteiger partial charge in [0.1, 0.15) is 6.04 Å². The summed E-state index contributed by atoms with van der Waals surface area (Å²) in [6, 6.07) is -0.559. The number of hydrogen-bond donors (Lipinski definition) is 2. The first-order valence-electron chi connectivity index (χ1n) is 6.22. The number of nitrogens with two attached hydrogens (primary N) is 1. The molecule has 1 aliphatic carbocycles. The fourth-order valence-corrected chi connectivity index (χ4v) is 2.30. The second-order valence-corrected chi connectivity index (χ2v) is 5.72. The quantitative estimate of drug-likeness (QED) is 0.839. The van der Waals surface area contributed by atoms with Crippen molar-refractivity contribution in [3.8, 4) is 0 Å². The van der Waals surface area contributed by atoms with Crippen molar-refractivity contribution in [1.82, 2.24) is 10.1 Å². The molecule has 0 saturated heterocycles. The Morgan fingerprint density at radius 2 is 2.12 bits per heavy atom. The molecule has 1 aromatic heterocycles. The van der Waals surface area contributed by atoms with E-state index in [9.17, 15) is 0 Å². The van der Waals surface area contributed by atoms with E-state index >= 15 is 0 Å².